The summed E-state index contributed by atoms with van der Waals surface area (Å²) in [5.41, 5.74) is 7.29. The Balaban J connectivity index is 1.51. The first-order chi connectivity index (χ1) is 10.9. The number of rotatable bonds is 4. The highest BCUT2D eigenvalue weighted by atomic mass is 32.1. The predicted molar refractivity (Wildman–Crippen MR) is 93.3 cm³/mol. The number of hydrogen-bond acceptors (Lipinski definition) is 3. The third-order valence-electron chi connectivity index (χ3n) is 4.71. The summed E-state index contributed by atoms with van der Waals surface area (Å²) in [6, 6.07) is 8.99. The topological polar surface area (TPSA) is 12.5 Å². The molecule has 0 bridgehead atoms. The summed E-state index contributed by atoms with van der Waals surface area (Å²) < 4.78 is 5.43. The van der Waals surface area contributed by atoms with Gasteiger partial charge in [0.05, 0.1) is 13.2 Å². The molecule has 0 spiro atoms. The van der Waals surface area contributed by atoms with Crippen molar-refractivity contribution in [3.05, 3.63) is 52.2 Å². The van der Waals surface area contributed by atoms with Gasteiger partial charge in [0.1, 0.15) is 0 Å². The first kappa shape index (κ1) is 14.2. The maximum absolute atomic E-state index is 5.43. The van der Waals surface area contributed by atoms with Crippen molar-refractivity contribution in [3.63, 3.8) is 0 Å². The Hall–Kier alpha value is -1.42. The van der Waals surface area contributed by atoms with Crippen LogP contribution in [0.1, 0.15) is 17.5 Å². The Morgan fingerprint density at radius 2 is 1.95 bits per heavy atom. The molecule has 0 saturated carbocycles. The minimum absolute atomic E-state index is 0.887. The van der Waals surface area contributed by atoms with Crippen molar-refractivity contribution >= 4 is 16.9 Å². The highest BCUT2D eigenvalue weighted by molar-refractivity contribution is 7.08. The van der Waals surface area contributed by atoms with E-state index in [1.54, 1.807) is 11.3 Å². The molecule has 0 radical (unpaired) electrons. The van der Waals surface area contributed by atoms with Crippen molar-refractivity contribution in [2.75, 3.05) is 32.8 Å². The van der Waals surface area contributed by atoms with E-state index in [2.05, 4.69) is 46.0 Å². The number of benzene rings is 1. The predicted octanol–water partition coefficient (Wildman–Crippen LogP) is 4.08. The second-order valence-corrected chi connectivity index (χ2v) is 6.76. The van der Waals surface area contributed by atoms with Crippen LogP contribution in [0.3, 0.4) is 0 Å². The molecule has 0 atom stereocenters. The Labute approximate surface area is 136 Å². The number of hydrogen-bond donors (Lipinski definition) is 0. The van der Waals surface area contributed by atoms with Crippen molar-refractivity contribution in [2.45, 2.75) is 12.8 Å². The van der Waals surface area contributed by atoms with Crippen LogP contribution in [0.25, 0.3) is 16.7 Å². The van der Waals surface area contributed by atoms with Gasteiger partial charge in [-0.05, 0) is 57.5 Å². The zero-order valence-corrected chi connectivity index (χ0v) is 13.6. The molecule has 0 N–H and O–H groups in total. The fraction of sp³-hybridized carbons (Fsp3) is 0.368. The molecule has 0 unspecified atom stereocenters. The fourth-order valence-electron chi connectivity index (χ4n) is 3.47. The van der Waals surface area contributed by atoms with Gasteiger partial charge in [-0.1, -0.05) is 24.3 Å². The summed E-state index contributed by atoms with van der Waals surface area (Å²) in [5, 5.41) is 4.41. The van der Waals surface area contributed by atoms with Crippen molar-refractivity contribution in [3.8, 4) is 11.1 Å². The summed E-state index contributed by atoms with van der Waals surface area (Å²) in [7, 11) is 0. The third-order valence-corrected chi connectivity index (χ3v) is 5.39. The molecule has 4 rings (SSSR count). The highest BCUT2D eigenvalue weighted by Crippen LogP contribution is 2.37. The third kappa shape index (κ3) is 2.76. The maximum atomic E-state index is 5.43. The Morgan fingerprint density at radius 3 is 2.77 bits per heavy atom. The molecular formula is C19H21NOS. The smallest absolute Gasteiger partial charge is 0.0594 e. The number of nitrogens with zero attached hydrogens (tertiary/aromatic N) is 1. The van der Waals surface area contributed by atoms with Crippen molar-refractivity contribution in [1.29, 1.82) is 0 Å². The number of morpholine rings is 1. The molecule has 114 valence electrons. The number of allylic oxidation sites excluding steroid dienone is 1. The zero-order chi connectivity index (χ0) is 14.8. The van der Waals surface area contributed by atoms with Crippen LogP contribution < -0.4 is 0 Å². The SMILES string of the molecule is C1=C(CCN2CCOCC2)c2cccc(-c3ccsc3)c2C1. The number of thiophene rings is 1. The van der Waals surface area contributed by atoms with Gasteiger partial charge < -0.3 is 4.74 Å². The van der Waals surface area contributed by atoms with Crippen LogP contribution >= 0.6 is 11.3 Å². The Morgan fingerprint density at radius 1 is 1.09 bits per heavy atom. The van der Waals surface area contributed by atoms with Crippen LogP contribution in [-0.4, -0.2) is 37.7 Å². The summed E-state index contributed by atoms with van der Waals surface area (Å²) in [6.45, 7) is 5.08. The van der Waals surface area contributed by atoms with Gasteiger partial charge in [0, 0.05) is 19.6 Å². The van der Waals surface area contributed by atoms with Crippen LogP contribution in [0, 0.1) is 0 Å². The Kier molecular flexibility index (Phi) is 4.11. The molecule has 1 aliphatic heterocycles. The molecule has 2 nitrogen and oxygen atoms in total. The van der Waals surface area contributed by atoms with Crippen LogP contribution in [0.2, 0.25) is 0 Å². The summed E-state index contributed by atoms with van der Waals surface area (Å²) in [6.07, 6.45) is 4.67. The second kappa shape index (κ2) is 6.37. The molecule has 1 aromatic heterocycles. The van der Waals surface area contributed by atoms with Gasteiger partial charge in [0.2, 0.25) is 0 Å². The van der Waals surface area contributed by atoms with Gasteiger partial charge in [-0.3, -0.25) is 4.90 Å². The average molecular weight is 311 g/mol. The lowest BCUT2D eigenvalue weighted by Crippen LogP contribution is -2.36. The fourth-order valence-corrected chi connectivity index (χ4v) is 4.13. The Bertz CT molecular complexity index is 669. The standard InChI is InChI=1S/C19H21NOS/c1-2-17-15(6-8-20-9-11-21-12-10-20)4-5-19(17)18(3-1)16-7-13-22-14-16/h1-4,7,13-14H,5-6,8-12H2. The molecule has 2 heterocycles. The van der Waals surface area contributed by atoms with Crippen LogP contribution in [-0.2, 0) is 11.2 Å². The second-order valence-electron chi connectivity index (χ2n) is 5.98. The highest BCUT2D eigenvalue weighted by Gasteiger charge is 2.19. The molecule has 3 heteroatoms. The van der Waals surface area contributed by atoms with E-state index in [9.17, 15) is 0 Å². The van der Waals surface area contributed by atoms with E-state index in [0.717, 1.165) is 45.7 Å². The van der Waals surface area contributed by atoms with Gasteiger partial charge in [-0.25, -0.2) is 0 Å². The molecule has 1 fully saturated rings. The monoisotopic (exact) mass is 311 g/mol. The van der Waals surface area contributed by atoms with Crippen LogP contribution in [0.5, 0.6) is 0 Å². The molecule has 2 aromatic rings. The van der Waals surface area contributed by atoms with Crippen molar-refractivity contribution in [1.82, 2.24) is 4.90 Å². The summed E-state index contributed by atoms with van der Waals surface area (Å²) in [4.78, 5) is 2.52. The van der Waals surface area contributed by atoms with E-state index in [1.807, 2.05) is 0 Å². The first-order valence-corrected chi connectivity index (χ1v) is 9.00. The largest absolute Gasteiger partial charge is 0.379 e. The van der Waals surface area contributed by atoms with E-state index in [-0.39, 0.29) is 0 Å². The summed E-state index contributed by atoms with van der Waals surface area (Å²) in [5.74, 6) is 0. The van der Waals surface area contributed by atoms with E-state index in [4.69, 9.17) is 4.74 Å². The minimum Gasteiger partial charge on any atom is -0.379 e. The normalized spacial score (nSPS) is 18.3. The van der Waals surface area contributed by atoms with Crippen LogP contribution in [0.15, 0.2) is 41.1 Å². The van der Waals surface area contributed by atoms with Crippen LogP contribution in [0.4, 0.5) is 0 Å². The average Bonchev–Trinajstić information content (AvgIpc) is 3.23. The van der Waals surface area contributed by atoms with Gasteiger partial charge in [0.25, 0.3) is 0 Å². The number of fused-ring (bicyclic) bond motifs is 1. The molecule has 1 aromatic carbocycles. The minimum atomic E-state index is 0.887. The molecule has 0 amide bonds. The zero-order valence-electron chi connectivity index (χ0n) is 12.8. The van der Waals surface area contributed by atoms with Gasteiger partial charge in [-0.2, -0.15) is 11.3 Å². The molecule has 2 aliphatic rings. The van der Waals surface area contributed by atoms with Crippen molar-refractivity contribution in [2.24, 2.45) is 0 Å². The summed E-state index contributed by atoms with van der Waals surface area (Å²) >= 11 is 1.77. The maximum Gasteiger partial charge on any atom is 0.0594 e. The van der Waals surface area contributed by atoms with E-state index >= 15 is 0 Å². The lowest BCUT2D eigenvalue weighted by molar-refractivity contribution is 0.0390. The van der Waals surface area contributed by atoms with Crippen molar-refractivity contribution < 1.29 is 4.74 Å². The lowest BCUT2D eigenvalue weighted by atomic mass is 9.96. The molecular weight excluding hydrogens is 290 g/mol. The van der Waals surface area contributed by atoms with E-state index in [0.29, 0.717) is 0 Å². The van der Waals surface area contributed by atoms with Gasteiger partial charge in [-0.15, -0.1) is 0 Å². The number of ether oxygens (including phenoxy) is 1. The lowest BCUT2D eigenvalue weighted by Gasteiger charge is -2.26. The quantitative estimate of drug-likeness (QED) is 0.843. The molecule has 22 heavy (non-hydrogen) atoms. The van der Waals surface area contributed by atoms with E-state index < -0.39 is 0 Å². The van der Waals surface area contributed by atoms with Gasteiger partial charge >= 0.3 is 0 Å². The van der Waals surface area contributed by atoms with E-state index in [1.165, 1.54) is 27.8 Å². The van der Waals surface area contributed by atoms with Gasteiger partial charge in [0.15, 0.2) is 0 Å². The molecule has 1 aliphatic carbocycles. The molecule has 1 saturated heterocycles. The first-order valence-electron chi connectivity index (χ1n) is 8.06.